The molecule has 0 saturated heterocycles. The van der Waals surface area contributed by atoms with E-state index in [0.717, 1.165) is 30.2 Å². The van der Waals surface area contributed by atoms with Crippen LogP contribution in [0.5, 0.6) is 0 Å². The quantitative estimate of drug-likeness (QED) is 0.865. The van der Waals surface area contributed by atoms with Crippen LogP contribution in [0.4, 0.5) is 0 Å². The van der Waals surface area contributed by atoms with E-state index in [9.17, 15) is 9.90 Å². The molecule has 0 heterocycles. The van der Waals surface area contributed by atoms with E-state index in [1.54, 1.807) is 0 Å². The molecule has 2 rings (SSSR count). The Labute approximate surface area is 122 Å². The van der Waals surface area contributed by atoms with Gasteiger partial charge in [-0.05, 0) is 32.0 Å². The number of hydrogen-bond donors (Lipinski definition) is 1. The van der Waals surface area contributed by atoms with Crippen LogP contribution >= 0.6 is 15.9 Å². The van der Waals surface area contributed by atoms with Gasteiger partial charge < -0.3 is 5.11 Å². The number of carbonyl (C=O) groups excluding carboxylic acids is 1. The summed E-state index contributed by atoms with van der Waals surface area (Å²) in [6.45, 7) is 0.359. The van der Waals surface area contributed by atoms with Crippen LogP contribution in [0.15, 0.2) is 28.7 Å². The molecule has 1 aromatic rings. The second kappa shape index (κ2) is 6.64. The Morgan fingerprint density at radius 1 is 1.42 bits per heavy atom. The SMILES string of the molecule is CN(CC(=O)c1cccc(Br)c1)C1CCCCC1O. The number of hydrogen-bond acceptors (Lipinski definition) is 3. The van der Waals surface area contributed by atoms with Crippen molar-refractivity contribution in [2.75, 3.05) is 13.6 Å². The van der Waals surface area contributed by atoms with Crippen LogP contribution < -0.4 is 0 Å². The lowest BCUT2D eigenvalue weighted by Gasteiger charge is -2.34. The lowest BCUT2D eigenvalue weighted by molar-refractivity contribution is 0.0322. The second-order valence-electron chi connectivity index (χ2n) is 5.27. The zero-order chi connectivity index (χ0) is 13.8. The minimum atomic E-state index is -0.297. The Balaban J connectivity index is 1.98. The zero-order valence-corrected chi connectivity index (χ0v) is 12.8. The maximum Gasteiger partial charge on any atom is 0.176 e. The Morgan fingerprint density at radius 3 is 2.84 bits per heavy atom. The van der Waals surface area contributed by atoms with Crippen molar-refractivity contribution >= 4 is 21.7 Å². The minimum absolute atomic E-state index is 0.0987. The number of benzene rings is 1. The van der Waals surface area contributed by atoms with Gasteiger partial charge in [-0.25, -0.2) is 0 Å². The molecule has 19 heavy (non-hydrogen) atoms. The molecule has 1 aliphatic carbocycles. The summed E-state index contributed by atoms with van der Waals surface area (Å²) in [5.41, 5.74) is 0.714. The molecule has 2 unspecified atom stereocenters. The van der Waals surface area contributed by atoms with E-state index in [2.05, 4.69) is 15.9 Å². The summed E-state index contributed by atoms with van der Waals surface area (Å²) in [7, 11) is 1.93. The molecule has 2 atom stereocenters. The van der Waals surface area contributed by atoms with E-state index in [1.807, 2.05) is 36.2 Å². The van der Waals surface area contributed by atoms with Crippen LogP contribution in [0, 0.1) is 0 Å². The van der Waals surface area contributed by atoms with Gasteiger partial charge in [-0.1, -0.05) is 40.9 Å². The number of likely N-dealkylation sites (N-methyl/N-ethyl adjacent to an activating group) is 1. The highest BCUT2D eigenvalue weighted by Gasteiger charge is 2.27. The van der Waals surface area contributed by atoms with E-state index in [0.29, 0.717) is 12.1 Å². The lowest BCUT2D eigenvalue weighted by atomic mass is 9.91. The Bertz CT molecular complexity index is 450. The molecular weight excluding hydrogens is 306 g/mol. The minimum Gasteiger partial charge on any atom is -0.391 e. The number of aliphatic hydroxyl groups excluding tert-OH is 1. The highest BCUT2D eigenvalue weighted by molar-refractivity contribution is 9.10. The fourth-order valence-corrected chi connectivity index (χ4v) is 3.10. The van der Waals surface area contributed by atoms with Gasteiger partial charge in [-0.2, -0.15) is 0 Å². The molecule has 1 aliphatic rings. The fourth-order valence-electron chi connectivity index (χ4n) is 2.70. The van der Waals surface area contributed by atoms with Gasteiger partial charge in [0, 0.05) is 16.1 Å². The topological polar surface area (TPSA) is 40.5 Å². The summed E-state index contributed by atoms with van der Waals surface area (Å²) in [5.74, 6) is 0.0987. The molecule has 0 aliphatic heterocycles. The van der Waals surface area contributed by atoms with Crippen molar-refractivity contribution in [1.29, 1.82) is 0 Å². The van der Waals surface area contributed by atoms with Gasteiger partial charge in [-0.15, -0.1) is 0 Å². The van der Waals surface area contributed by atoms with Crippen molar-refractivity contribution in [3.63, 3.8) is 0 Å². The molecule has 1 aromatic carbocycles. The average Bonchev–Trinajstić information content (AvgIpc) is 2.39. The Morgan fingerprint density at radius 2 is 2.16 bits per heavy atom. The molecule has 1 saturated carbocycles. The van der Waals surface area contributed by atoms with Crippen LogP contribution in [-0.2, 0) is 0 Å². The molecule has 0 bridgehead atoms. The number of nitrogens with zero attached hydrogens (tertiary/aromatic N) is 1. The fraction of sp³-hybridized carbons (Fsp3) is 0.533. The van der Waals surface area contributed by atoms with E-state index in [4.69, 9.17) is 0 Å². The first-order chi connectivity index (χ1) is 9.08. The predicted molar refractivity (Wildman–Crippen MR) is 79.4 cm³/mol. The number of carbonyl (C=O) groups is 1. The molecule has 3 nitrogen and oxygen atoms in total. The van der Waals surface area contributed by atoms with Crippen molar-refractivity contribution < 1.29 is 9.90 Å². The summed E-state index contributed by atoms with van der Waals surface area (Å²) < 4.78 is 0.915. The molecular formula is C15H20BrNO2. The van der Waals surface area contributed by atoms with Crippen LogP contribution in [0.25, 0.3) is 0 Å². The maximum absolute atomic E-state index is 12.2. The molecule has 0 spiro atoms. The number of rotatable bonds is 4. The van der Waals surface area contributed by atoms with Crippen molar-refractivity contribution in [2.45, 2.75) is 37.8 Å². The molecule has 1 fully saturated rings. The first-order valence-electron chi connectivity index (χ1n) is 6.75. The van der Waals surface area contributed by atoms with E-state index >= 15 is 0 Å². The van der Waals surface area contributed by atoms with Crippen molar-refractivity contribution in [2.24, 2.45) is 0 Å². The van der Waals surface area contributed by atoms with Gasteiger partial charge in [0.2, 0.25) is 0 Å². The summed E-state index contributed by atoms with van der Waals surface area (Å²) in [6.07, 6.45) is 3.75. The molecule has 4 heteroatoms. The number of Topliss-reactive ketones (excluding diaryl/α,β-unsaturated/α-hetero) is 1. The van der Waals surface area contributed by atoms with Crippen LogP contribution in [0.2, 0.25) is 0 Å². The summed E-state index contributed by atoms with van der Waals surface area (Å²) >= 11 is 3.38. The molecule has 1 N–H and O–H groups in total. The normalized spacial score (nSPS) is 23.6. The third-order valence-electron chi connectivity index (χ3n) is 3.80. The van der Waals surface area contributed by atoms with Gasteiger partial charge in [0.15, 0.2) is 5.78 Å². The van der Waals surface area contributed by atoms with Gasteiger partial charge in [0.1, 0.15) is 0 Å². The highest BCUT2D eigenvalue weighted by atomic mass is 79.9. The first-order valence-corrected chi connectivity index (χ1v) is 7.54. The van der Waals surface area contributed by atoms with Crippen molar-refractivity contribution in [3.8, 4) is 0 Å². The largest absolute Gasteiger partial charge is 0.391 e. The average molecular weight is 326 g/mol. The molecule has 0 radical (unpaired) electrons. The summed E-state index contributed by atoms with van der Waals surface area (Å²) in [4.78, 5) is 14.2. The lowest BCUT2D eigenvalue weighted by Crippen LogP contribution is -2.45. The Kier molecular flexibility index (Phi) is 5.13. The van der Waals surface area contributed by atoms with Crippen LogP contribution in [-0.4, -0.2) is 41.5 Å². The van der Waals surface area contributed by atoms with Gasteiger partial charge >= 0.3 is 0 Å². The highest BCUT2D eigenvalue weighted by Crippen LogP contribution is 2.22. The molecule has 0 amide bonds. The molecule has 0 aromatic heterocycles. The molecule has 104 valence electrons. The third kappa shape index (κ3) is 3.88. The maximum atomic E-state index is 12.2. The number of halogens is 1. The van der Waals surface area contributed by atoms with Crippen LogP contribution in [0.1, 0.15) is 36.0 Å². The zero-order valence-electron chi connectivity index (χ0n) is 11.2. The smallest absolute Gasteiger partial charge is 0.176 e. The third-order valence-corrected chi connectivity index (χ3v) is 4.29. The number of ketones is 1. The van der Waals surface area contributed by atoms with Crippen molar-refractivity contribution in [1.82, 2.24) is 4.90 Å². The monoisotopic (exact) mass is 325 g/mol. The van der Waals surface area contributed by atoms with E-state index in [-0.39, 0.29) is 17.9 Å². The predicted octanol–water partition coefficient (Wildman–Crippen LogP) is 2.87. The van der Waals surface area contributed by atoms with E-state index in [1.165, 1.54) is 0 Å². The Hall–Kier alpha value is -0.710. The van der Waals surface area contributed by atoms with Gasteiger partial charge in [0.05, 0.1) is 12.6 Å². The standard InChI is InChI=1S/C15H20BrNO2/c1-17(13-7-2-3-8-14(13)18)10-15(19)11-5-4-6-12(16)9-11/h4-6,9,13-14,18H,2-3,7-8,10H2,1H3. The second-order valence-corrected chi connectivity index (χ2v) is 6.18. The van der Waals surface area contributed by atoms with Gasteiger partial charge in [0.25, 0.3) is 0 Å². The van der Waals surface area contributed by atoms with Crippen LogP contribution in [0.3, 0.4) is 0 Å². The van der Waals surface area contributed by atoms with Crippen molar-refractivity contribution in [3.05, 3.63) is 34.3 Å². The van der Waals surface area contributed by atoms with Gasteiger partial charge in [-0.3, -0.25) is 9.69 Å². The summed E-state index contributed by atoms with van der Waals surface area (Å²) in [6, 6.07) is 7.56. The first kappa shape index (κ1) is 14.7. The van der Waals surface area contributed by atoms with E-state index < -0.39 is 0 Å². The number of aliphatic hydroxyl groups is 1. The summed E-state index contributed by atoms with van der Waals surface area (Å²) in [5, 5.41) is 10.0.